The van der Waals surface area contributed by atoms with Gasteiger partial charge in [0.05, 0.1) is 30.8 Å². The molecule has 2 rings (SSSR count). The predicted molar refractivity (Wildman–Crippen MR) is 71.0 cm³/mol. The lowest BCUT2D eigenvalue weighted by atomic mass is 10.1. The van der Waals surface area contributed by atoms with Gasteiger partial charge in [0.15, 0.2) is 0 Å². The highest BCUT2D eigenvalue weighted by Crippen LogP contribution is 2.33. The maximum absolute atomic E-state index is 10.3. The van der Waals surface area contributed by atoms with Crippen molar-refractivity contribution in [2.24, 2.45) is 0 Å². The highest BCUT2D eigenvalue weighted by atomic mass is 32.2. The van der Waals surface area contributed by atoms with Crippen molar-refractivity contribution in [1.82, 2.24) is 0 Å². The summed E-state index contributed by atoms with van der Waals surface area (Å²) in [6.07, 6.45) is 6.67. The minimum atomic E-state index is -0.717. The number of aliphatic carboxylic acids is 1. The normalized spacial score (nSPS) is 33.4. The number of thioether (sulfide) groups is 1. The fourth-order valence-electron chi connectivity index (χ4n) is 2.25. The molecule has 0 bridgehead atoms. The van der Waals surface area contributed by atoms with E-state index in [1.54, 1.807) is 11.8 Å². The van der Waals surface area contributed by atoms with Crippen LogP contribution in [-0.4, -0.2) is 47.0 Å². The summed E-state index contributed by atoms with van der Waals surface area (Å²) in [6.45, 7) is 2.17. The van der Waals surface area contributed by atoms with E-state index in [2.05, 4.69) is 6.92 Å². The first-order valence-corrected chi connectivity index (χ1v) is 7.96. The van der Waals surface area contributed by atoms with Crippen molar-refractivity contribution < 1.29 is 19.4 Å². The molecule has 4 nitrogen and oxygen atoms in total. The second-order valence-corrected chi connectivity index (χ2v) is 6.13. The summed E-state index contributed by atoms with van der Waals surface area (Å²) >= 11 is 1.68. The van der Waals surface area contributed by atoms with Gasteiger partial charge in [-0.1, -0.05) is 6.92 Å². The summed E-state index contributed by atoms with van der Waals surface area (Å²) < 4.78 is 11.1. The van der Waals surface area contributed by atoms with Crippen LogP contribution in [0, 0.1) is 0 Å². The van der Waals surface area contributed by atoms with Crippen molar-refractivity contribution >= 4 is 17.7 Å². The van der Waals surface area contributed by atoms with Gasteiger partial charge in [-0.05, 0) is 25.7 Å². The molecule has 2 fully saturated rings. The van der Waals surface area contributed by atoms with Crippen molar-refractivity contribution in [3.8, 4) is 0 Å². The molecule has 0 spiro atoms. The molecule has 0 aromatic rings. The largest absolute Gasteiger partial charge is 0.481 e. The Labute approximate surface area is 112 Å². The Hall–Kier alpha value is -0.260. The number of ether oxygens (including phenoxy) is 2. The first-order valence-electron chi connectivity index (χ1n) is 6.81. The van der Waals surface area contributed by atoms with Crippen molar-refractivity contribution in [2.45, 2.75) is 63.4 Å². The van der Waals surface area contributed by atoms with E-state index in [9.17, 15) is 4.79 Å². The molecular weight excluding hydrogens is 252 g/mol. The highest BCUT2D eigenvalue weighted by molar-refractivity contribution is 7.99. The lowest BCUT2D eigenvalue weighted by molar-refractivity contribution is -0.136. The van der Waals surface area contributed by atoms with Crippen LogP contribution in [0.4, 0.5) is 0 Å². The molecule has 0 saturated carbocycles. The number of carbonyl (C=O) groups is 1. The Morgan fingerprint density at radius 2 is 1.83 bits per heavy atom. The number of epoxide rings is 2. The van der Waals surface area contributed by atoms with E-state index in [1.807, 2.05) is 0 Å². The molecule has 104 valence electrons. The zero-order valence-electron chi connectivity index (χ0n) is 10.8. The quantitative estimate of drug-likeness (QED) is 0.489. The second kappa shape index (κ2) is 6.78. The second-order valence-electron chi connectivity index (χ2n) is 4.98. The van der Waals surface area contributed by atoms with Crippen LogP contribution >= 0.6 is 11.8 Å². The van der Waals surface area contributed by atoms with Crippen LogP contribution in [0.1, 0.15) is 39.0 Å². The van der Waals surface area contributed by atoms with Crippen LogP contribution < -0.4 is 0 Å². The lowest BCUT2D eigenvalue weighted by Crippen LogP contribution is -2.01. The molecule has 0 radical (unpaired) electrons. The summed E-state index contributed by atoms with van der Waals surface area (Å²) in [5, 5.41) is 8.51. The lowest BCUT2D eigenvalue weighted by Gasteiger charge is -1.96. The number of hydrogen-bond acceptors (Lipinski definition) is 4. The maximum Gasteiger partial charge on any atom is 0.304 e. The molecule has 1 N–H and O–H groups in total. The summed E-state index contributed by atoms with van der Waals surface area (Å²) in [5.41, 5.74) is 0. The van der Waals surface area contributed by atoms with Gasteiger partial charge in [-0.25, -0.2) is 0 Å². The molecule has 18 heavy (non-hydrogen) atoms. The molecule has 2 heterocycles. The average Bonchev–Trinajstić information content (AvgIpc) is 3.21. The third kappa shape index (κ3) is 4.78. The van der Waals surface area contributed by atoms with E-state index in [0.29, 0.717) is 30.2 Å². The molecule has 0 aromatic carbocycles. The van der Waals surface area contributed by atoms with Gasteiger partial charge in [0.25, 0.3) is 0 Å². The standard InChI is InChI=1S/C13H22O4S/c1-2-9-10(16-9)4-3-5-11-12(17-11)8-18-7-6-13(14)15/h9-12H,2-8H2,1H3,(H,14,15). The zero-order valence-corrected chi connectivity index (χ0v) is 11.7. The van der Waals surface area contributed by atoms with Gasteiger partial charge in [0, 0.05) is 11.5 Å². The fraction of sp³-hybridized carbons (Fsp3) is 0.923. The summed E-state index contributed by atoms with van der Waals surface area (Å²) in [6, 6.07) is 0. The topological polar surface area (TPSA) is 62.4 Å². The van der Waals surface area contributed by atoms with Crippen molar-refractivity contribution in [2.75, 3.05) is 11.5 Å². The van der Waals surface area contributed by atoms with E-state index in [0.717, 1.165) is 25.0 Å². The van der Waals surface area contributed by atoms with Gasteiger partial charge in [-0.15, -0.1) is 0 Å². The van der Waals surface area contributed by atoms with Gasteiger partial charge in [0.2, 0.25) is 0 Å². The van der Waals surface area contributed by atoms with E-state index >= 15 is 0 Å². The van der Waals surface area contributed by atoms with Gasteiger partial charge in [-0.2, -0.15) is 11.8 Å². The monoisotopic (exact) mass is 274 g/mol. The first-order chi connectivity index (χ1) is 8.70. The minimum Gasteiger partial charge on any atom is -0.481 e. The number of rotatable bonds is 10. The molecule has 2 aliphatic rings. The van der Waals surface area contributed by atoms with E-state index in [-0.39, 0.29) is 6.42 Å². The van der Waals surface area contributed by atoms with E-state index in [4.69, 9.17) is 14.6 Å². The number of carboxylic acid groups (broad SMARTS) is 1. The summed E-state index contributed by atoms with van der Waals surface area (Å²) in [4.78, 5) is 10.3. The first kappa shape index (κ1) is 14.2. The van der Waals surface area contributed by atoms with Crippen LogP contribution in [0.2, 0.25) is 0 Å². The van der Waals surface area contributed by atoms with Crippen molar-refractivity contribution in [3.63, 3.8) is 0 Å². The summed E-state index contributed by atoms with van der Waals surface area (Å²) in [7, 11) is 0. The molecule has 4 atom stereocenters. The van der Waals surface area contributed by atoms with Crippen LogP contribution in [0.25, 0.3) is 0 Å². The Bertz CT molecular complexity index is 284. The molecular formula is C13H22O4S. The molecule has 4 unspecified atom stereocenters. The molecule has 0 amide bonds. The zero-order chi connectivity index (χ0) is 13.0. The maximum atomic E-state index is 10.3. The molecule has 5 heteroatoms. The Kier molecular flexibility index (Phi) is 5.33. The highest BCUT2D eigenvalue weighted by Gasteiger charge is 2.40. The van der Waals surface area contributed by atoms with Gasteiger partial charge < -0.3 is 14.6 Å². The van der Waals surface area contributed by atoms with Crippen molar-refractivity contribution in [1.29, 1.82) is 0 Å². The molecule has 2 saturated heterocycles. The predicted octanol–water partition coefficient (Wildman–Crippen LogP) is 2.31. The third-order valence-electron chi connectivity index (χ3n) is 3.50. The van der Waals surface area contributed by atoms with Crippen LogP contribution in [-0.2, 0) is 14.3 Å². The summed E-state index contributed by atoms with van der Waals surface area (Å²) in [5.74, 6) is 0.913. The Morgan fingerprint density at radius 3 is 2.44 bits per heavy atom. The van der Waals surface area contributed by atoms with Gasteiger partial charge in [0.1, 0.15) is 0 Å². The van der Waals surface area contributed by atoms with Crippen LogP contribution in [0.5, 0.6) is 0 Å². The molecule has 0 aromatic heterocycles. The fourth-order valence-corrected chi connectivity index (χ4v) is 3.26. The third-order valence-corrected chi connectivity index (χ3v) is 4.55. The molecule has 2 aliphatic heterocycles. The van der Waals surface area contributed by atoms with E-state index in [1.165, 1.54) is 6.42 Å². The Morgan fingerprint density at radius 1 is 1.17 bits per heavy atom. The average molecular weight is 274 g/mol. The number of carboxylic acids is 1. The number of hydrogen-bond donors (Lipinski definition) is 1. The minimum absolute atomic E-state index is 0.249. The molecule has 0 aliphatic carbocycles. The van der Waals surface area contributed by atoms with E-state index < -0.39 is 5.97 Å². The smallest absolute Gasteiger partial charge is 0.304 e. The van der Waals surface area contributed by atoms with Gasteiger partial charge in [-0.3, -0.25) is 4.79 Å². The van der Waals surface area contributed by atoms with Crippen molar-refractivity contribution in [3.05, 3.63) is 0 Å². The SMILES string of the molecule is CCC1OC1CCCC1OC1CSCCC(=O)O. The van der Waals surface area contributed by atoms with Gasteiger partial charge >= 0.3 is 5.97 Å². The van der Waals surface area contributed by atoms with Crippen LogP contribution in [0.3, 0.4) is 0 Å². The van der Waals surface area contributed by atoms with Crippen LogP contribution in [0.15, 0.2) is 0 Å². The Balaban J connectivity index is 1.40.